The summed E-state index contributed by atoms with van der Waals surface area (Å²) >= 11 is 1.60. The van der Waals surface area contributed by atoms with E-state index in [1.807, 2.05) is 22.9 Å². The molecule has 0 atom stereocenters. The van der Waals surface area contributed by atoms with Crippen molar-refractivity contribution in [2.45, 2.75) is 6.92 Å². The van der Waals surface area contributed by atoms with E-state index in [1.54, 1.807) is 29.0 Å². The molecule has 0 spiro atoms. The summed E-state index contributed by atoms with van der Waals surface area (Å²) < 4.78 is 11.5. The smallest absolute Gasteiger partial charge is 0.434 e. The van der Waals surface area contributed by atoms with Crippen LogP contribution in [0.1, 0.15) is 6.92 Å². The van der Waals surface area contributed by atoms with E-state index in [-0.39, 0.29) is 12.4 Å². The Morgan fingerprint density at radius 1 is 1.45 bits per heavy atom. The Labute approximate surface area is 118 Å². The first-order valence-electron chi connectivity index (χ1n) is 5.99. The van der Waals surface area contributed by atoms with Crippen molar-refractivity contribution in [2.24, 2.45) is 0 Å². The van der Waals surface area contributed by atoms with Crippen molar-refractivity contribution < 1.29 is 14.3 Å². The van der Waals surface area contributed by atoms with Crippen LogP contribution in [0.2, 0.25) is 0 Å². The van der Waals surface area contributed by atoms with Crippen LogP contribution in [0.15, 0.2) is 35.3 Å². The molecule has 7 heteroatoms. The van der Waals surface area contributed by atoms with Crippen molar-refractivity contribution in [3.05, 3.63) is 35.3 Å². The molecule has 3 aromatic rings. The van der Waals surface area contributed by atoms with Gasteiger partial charge >= 0.3 is 6.16 Å². The molecule has 20 heavy (non-hydrogen) atoms. The number of fused-ring (bicyclic) bond motifs is 1. The van der Waals surface area contributed by atoms with E-state index in [0.29, 0.717) is 5.65 Å². The van der Waals surface area contributed by atoms with Gasteiger partial charge in [0.25, 0.3) is 0 Å². The van der Waals surface area contributed by atoms with Gasteiger partial charge in [-0.15, -0.1) is 0 Å². The predicted octanol–water partition coefficient (Wildman–Crippen LogP) is 2.99. The molecule has 3 rings (SSSR count). The number of hydrogen-bond donors (Lipinski definition) is 0. The van der Waals surface area contributed by atoms with Crippen LogP contribution < -0.4 is 4.74 Å². The van der Waals surface area contributed by atoms with E-state index >= 15 is 0 Å². The second-order valence-corrected chi connectivity index (χ2v) is 4.65. The highest BCUT2D eigenvalue weighted by Gasteiger charge is 2.14. The molecule has 0 aliphatic rings. The maximum atomic E-state index is 11.4. The lowest BCUT2D eigenvalue weighted by molar-refractivity contribution is 0.104. The molecule has 0 aliphatic carbocycles. The minimum Gasteiger partial charge on any atom is -0.434 e. The van der Waals surface area contributed by atoms with Crippen LogP contribution in [-0.4, -0.2) is 27.4 Å². The summed E-state index contributed by atoms with van der Waals surface area (Å²) in [6.45, 7) is 1.97. The average Bonchev–Trinajstić information content (AvgIpc) is 3.09. The third kappa shape index (κ3) is 2.23. The molecule has 0 fully saturated rings. The van der Waals surface area contributed by atoms with Gasteiger partial charge in [-0.05, 0) is 24.4 Å². The van der Waals surface area contributed by atoms with E-state index < -0.39 is 6.16 Å². The molecule has 0 amide bonds. The van der Waals surface area contributed by atoms with Crippen molar-refractivity contribution in [3.63, 3.8) is 0 Å². The Bertz CT molecular complexity index is 736. The maximum Gasteiger partial charge on any atom is 0.514 e. The van der Waals surface area contributed by atoms with Gasteiger partial charge < -0.3 is 9.47 Å². The highest BCUT2D eigenvalue weighted by molar-refractivity contribution is 7.08. The first-order valence-corrected chi connectivity index (χ1v) is 6.94. The molecule has 0 N–H and O–H groups in total. The Kier molecular flexibility index (Phi) is 3.34. The molecule has 0 saturated heterocycles. The third-order valence-corrected chi connectivity index (χ3v) is 3.32. The van der Waals surface area contributed by atoms with Gasteiger partial charge in [0.2, 0.25) is 0 Å². The lowest BCUT2D eigenvalue weighted by atomic mass is 10.2. The molecule has 0 radical (unpaired) electrons. The predicted molar refractivity (Wildman–Crippen MR) is 74.0 cm³/mol. The van der Waals surface area contributed by atoms with Gasteiger partial charge in [0.1, 0.15) is 0 Å². The van der Waals surface area contributed by atoms with Crippen LogP contribution in [-0.2, 0) is 4.74 Å². The van der Waals surface area contributed by atoms with E-state index in [1.165, 1.54) is 6.20 Å². The van der Waals surface area contributed by atoms with Gasteiger partial charge in [0.05, 0.1) is 18.5 Å². The molecule has 102 valence electrons. The van der Waals surface area contributed by atoms with Crippen molar-refractivity contribution in [3.8, 4) is 17.0 Å². The Morgan fingerprint density at radius 2 is 2.35 bits per heavy atom. The molecule has 0 aromatic carbocycles. The highest BCUT2D eigenvalue weighted by Crippen LogP contribution is 2.25. The monoisotopic (exact) mass is 289 g/mol. The Morgan fingerprint density at radius 3 is 3.10 bits per heavy atom. The van der Waals surface area contributed by atoms with Crippen LogP contribution in [0.3, 0.4) is 0 Å². The van der Waals surface area contributed by atoms with Crippen molar-refractivity contribution >= 4 is 23.1 Å². The first-order chi connectivity index (χ1) is 9.79. The van der Waals surface area contributed by atoms with Crippen molar-refractivity contribution in [1.29, 1.82) is 0 Å². The minimum absolute atomic E-state index is 0.256. The standard InChI is InChI=1S/C13H11N3O3S/c1-2-18-13(17)19-11-7-15-16-10(3-5-14-12(11)16)9-4-6-20-8-9/h3-8H,2H2,1H3. The summed E-state index contributed by atoms with van der Waals surface area (Å²) in [5.41, 5.74) is 2.39. The fraction of sp³-hybridized carbons (Fsp3) is 0.154. The van der Waals surface area contributed by atoms with Gasteiger partial charge in [-0.1, -0.05) is 0 Å². The van der Waals surface area contributed by atoms with Crippen LogP contribution in [0.5, 0.6) is 5.75 Å². The Hall–Kier alpha value is -2.41. The van der Waals surface area contributed by atoms with Crippen LogP contribution >= 0.6 is 11.3 Å². The van der Waals surface area contributed by atoms with Gasteiger partial charge in [0, 0.05) is 17.1 Å². The number of thiophene rings is 1. The fourth-order valence-corrected chi connectivity index (χ4v) is 2.46. The second kappa shape index (κ2) is 5.30. The zero-order valence-corrected chi connectivity index (χ0v) is 11.5. The van der Waals surface area contributed by atoms with Gasteiger partial charge in [-0.25, -0.2) is 14.3 Å². The van der Waals surface area contributed by atoms with Crippen LogP contribution in [0.4, 0.5) is 4.79 Å². The molecule has 3 aromatic heterocycles. The fourth-order valence-electron chi connectivity index (χ4n) is 1.81. The second-order valence-electron chi connectivity index (χ2n) is 3.87. The van der Waals surface area contributed by atoms with E-state index in [2.05, 4.69) is 10.1 Å². The van der Waals surface area contributed by atoms with E-state index in [0.717, 1.165) is 11.3 Å². The van der Waals surface area contributed by atoms with Crippen LogP contribution in [0.25, 0.3) is 16.9 Å². The topological polar surface area (TPSA) is 65.7 Å². The van der Waals surface area contributed by atoms with Gasteiger partial charge in [0.15, 0.2) is 11.4 Å². The van der Waals surface area contributed by atoms with Crippen molar-refractivity contribution in [2.75, 3.05) is 6.61 Å². The zero-order chi connectivity index (χ0) is 13.9. The maximum absolute atomic E-state index is 11.4. The Balaban J connectivity index is 2.02. The molecular weight excluding hydrogens is 278 g/mol. The summed E-state index contributed by atoms with van der Waals surface area (Å²) in [6, 6.07) is 3.85. The van der Waals surface area contributed by atoms with E-state index in [4.69, 9.17) is 9.47 Å². The summed E-state index contributed by atoms with van der Waals surface area (Å²) in [7, 11) is 0. The molecule has 0 bridgehead atoms. The molecule has 3 heterocycles. The third-order valence-electron chi connectivity index (χ3n) is 2.64. The summed E-state index contributed by atoms with van der Waals surface area (Å²) in [6.07, 6.45) is 2.35. The summed E-state index contributed by atoms with van der Waals surface area (Å²) in [4.78, 5) is 15.6. The zero-order valence-electron chi connectivity index (χ0n) is 10.6. The lowest BCUT2D eigenvalue weighted by Crippen LogP contribution is -2.10. The lowest BCUT2D eigenvalue weighted by Gasteiger charge is -2.03. The SMILES string of the molecule is CCOC(=O)Oc1cnn2c(-c3ccsc3)ccnc12. The van der Waals surface area contributed by atoms with E-state index in [9.17, 15) is 4.79 Å². The number of rotatable bonds is 3. The minimum atomic E-state index is -0.759. The van der Waals surface area contributed by atoms with Gasteiger partial charge in [-0.3, -0.25) is 0 Å². The largest absolute Gasteiger partial charge is 0.514 e. The average molecular weight is 289 g/mol. The summed E-state index contributed by atoms with van der Waals surface area (Å²) in [5, 5.41) is 8.22. The molecule has 6 nitrogen and oxygen atoms in total. The van der Waals surface area contributed by atoms with Crippen LogP contribution in [0, 0.1) is 0 Å². The quantitative estimate of drug-likeness (QED) is 0.693. The summed E-state index contributed by atoms with van der Waals surface area (Å²) in [5.74, 6) is 0.278. The molecule has 0 unspecified atom stereocenters. The number of aromatic nitrogens is 3. The molecular formula is C13H11N3O3S. The van der Waals surface area contributed by atoms with Crippen molar-refractivity contribution in [1.82, 2.24) is 14.6 Å². The first kappa shape index (κ1) is 12.6. The number of carbonyl (C=O) groups is 1. The molecule has 0 aliphatic heterocycles. The highest BCUT2D eigenvalue weighted by atomic mass is 32.1. The number of ether oxygens (including phenoxy) is 2. The van der Waals surface area contributed by atoms with Gasteiger partial charge in [-0.2, -0.15) is 16.4 Å². The normalized spacial score (nSPS) is 10.7. The number of nitrogens with zero attached hydrogens (tertiary/aromatic N) is 3. The number of hydrogen-bond acceptors (Lipinski definition) is 6. The number of carbonyl (C=O) groups excluding carboxylic acids is 1. The molecule has 0 saturated carbocycles.